The topological polar surface area (TPSA) is 70.2 Å². The Kier molecular flexibility index (Phi) is 7.12. The van der Waals surface area contributed by atoms with Gasteiger partial charge in [-0.05, 0) is 67.6 Å². The Morgan fingerprint density at radius 1 is 1.06 bits per heavy atom. The Morgan fingerprint density at radius 2 is 1.88 bits per heavy atom. The maximum Gasteiger partial charge on any atom is 0.242 e. The highest BCUT2D eigenvalue weighted by Gasteiger charge is 2.33. The number of carbonyl (C=O) groups is 1. The molecule has 1 aliphatic rings. The molecular formula is C26H31N5O. The first-order valence-corrected chi connectivity index (χ1v) is 11.3. The van der Waals surface area contributed by atoms with Crippen LogP contribution in [-0.2, 0) is 24.3 Å². The molecule has 0 bridgehead atoms. The molecule has 0 fully saturated rings. The van der Waals surface area contributed by atoms with Crippen molar-refractivity contribution in [3.05, 3.63) is 89.5 Å². The molecule has 1 unspecified atom stereocenters. The summed E-state index contributed by atoms with van der Waals surface area (Å²) < 4.78 is 0. The van der Waals surface area contributed by atoms with Crippen LogP contribution >= 0.6 is 0 Å². The number of para-hydroxylation sites is 1. The molecule has 2 heterocycles. The zero-order valence-corrected chi connectivity index (χ0v) is 18.8. The van der Waals surface area contributed by atoms with Gasteiger partial charge in [0, 0.05) is 38.2 Å². The predicted octanol–water partition coefficient (Wildman–Crippen LogP) is 3.78. The van der Waals surface area contributed by atoms with Crippen molar-refractivity contribution in [1.29, 1.82) is 0 Å². The van der Waals surface area contributed by atoms with Crippen molar-refractivity contribution >= 4 is 11.6 Å². The van der Waals surface area contributed by atoms with Gasteiger partial charge in [-0.3, -0.25) is 14.8 Å². The van der Waals surface area contributed by atoms with E-state index in [-0.39, 0.29) is 18.0 Å². The molecule has 2 N–H and O–H groups in total. The highest BCUT2D eigenvalue weighted by molar-refractivity contribution is 5.84. The Hall–Kier alpha value is -3.25. The summed E-state index contributed by atoms with van der Waals surface area (Å²) in [5.41, 5.74) is 5.75. The van der Waals surface area contributed by atoms with E-state index in [0.717, 1.165) is 49.4 Å². The number of likely N-dealkylation sites (N-methyl/N-ethyl adjacent to an activating group) is 1. The van der Waals surface area contributed by atoms with Crippen molar-refractivity contribution in [3.8, 4) is 0 Å². The molecular weight excluding hydrogens is 398 g/mol. The van der Waals surface area contributed by atoms with Crippen LogP contribution in [0.4, 0.5) is 5.69 Å². The smallest absolute Gasteiger partial charge is 0.242 e. The van der Waals surface area contributed by atoms with E-state index in [0.29, 0.717) is 0 Å². The fourth-order valence-electron chi connectivity index (χ4n) is 4.61. The lowest BCUT2D eigenvalue weighted by Crippen LogP contribution is -2.47. The number of amides is 1. The maximum absolute atomic E-state index is 12.6. The second-order valence-electron chi connectivity index (χ2n) is 8.20. The second-order valence-corrected chi connectivity index (χ2v) is 8.20. The molecule has 4 rings (SSSR count). The molecule has 3 aromatic rings. The number of nitrogens with one attached hydrogen (secondary N) is 2. The minimum atomic E-state index is -0.300. The number of fused-ring (bicyclic) bond motifs is 1. The summed E-state index contributed by atoms with van der Waals surface area (Å²) in [4.78, 5) is 24.1. The molecule has 1 aliphatic carbocycles. The highest BCUT2D eigenvalue weighted by atomic mass is 16.2. The Labute approximate surface area is 190 Å². The molecule has 0 radical (unpaired) electrons. The van der Waals surface area contributed by atoms with Crippen LogP contribution in [-0.4, -0.2) is 29.0 Å². The summed E-state index contributed by atoms with van der Waals surface area (Å²) in [6.45, 7) is 3.47. The second kappa shape index (κ2) is 10.4. The molecule has 6 nitrogen and oxygen atoms in total. The van der Waals surface area contributed by atoms with Crippen LogP contribution in [0.3, 0.4) is 0 Å². The van der Waals surface area contributed by atoms with E-state index in [9.17, 15) is 4.79 Å². The average molecular weight is 430 g/mol. The van der Waals surface area contributed by atoms with Crippen LogP contribution in [0.5, 0.6) is 0 Å². The summed E-state index contributed by atoms with van der Waals surface area (Å²) in [6.07, 6.45) is 6.78. The highest BCUT2D eigenvalue weighted by Crippen LogP contribution is 2.38. The third-order valence-electron chi connectivity index (χ3n) is 6.19. The summed E-state index contributed by atoms with van der Waals surface area (Å²) in [6, 6.07) is 18.0. The van der Waals surface area contributed by atoms with Crippen LogP contribution < -0.4 is 15.5 Å². The zero-order valence-electron chi connectivity index (χ0n) is 18.8. The van der Waals surface area contributed by atoms with Gasteiger partial charge < -0.3 is 15.5 Å². The number of anilines is 1. The van der Waals surface area contributed by atoms with E-state index in [1.165, 1.54) is 11.1 Å². The molecule has 1 amide bonds. The van der Waals surface area contributed by atoms with Crippen LogP contribution in [0.2, 0.25) is 0 Å². The lowest BCUT2D eigenvalue weighted by Gasteiger charge is -2.40. The Balaban J connectivity index is 1.61. The van der Waals surface area contributed by atoms with Gasteiger partial charge in [-0.15, -0.1) is 0 Å². The lowest BCUT2D eigenvalue weighted by atomic mass is 9.87. The van der Waals surface area contributed by atoms with Gasteiger partial charge in [0.15, 0.2) is 0 Å². The quantitative estimate of drug-likeness (QED) is 0.570. The van der Waals surface area contributed by atoms with Gasteiger partial charge in [0.1, 0.15) is 6.04 Å². The van der Waals surface area contributed by atoms with Gasteiger partial charge in [-0.1, -0.05) is 24.3 Å². The van der Waals surface area contributed by atoms with Crippen LogP contribution in [0.25, 0.3) is 0 Å². The summed E-state index contributed by atoms with van der Waals surface area (Å²) in [5, 5.41) is 6.34. The molecule has 0 spiro atoms. The van der Waals surface area contributed by atoms with E-state index in [2.05, 4.69) is 38.7 Å². The fraction of sp³-hybridized carbons (Fsp3) is 0.346. The van der Waals surface area contributed by atoms with Crippen LogP contribution in [0.1, 0.15) is 48.3 Å². The molecule has 1 aromatic carbocycles. The van der Waals surface area contributed by atoms with Gasteiger partial charge in [0.2, 0.25) is 5.91 Å². The molecule has 166 valence electrons. The molecule has 0 saturated carbocycles. The van der Waals surface area contributed by atoms with E-state index in [1.54, 1.807) is 7.05 Å². The SMILES string of the molecule is CNC(=O)[C@H](C)N(c1ccccc1)C1CCCc2c(CNCc3ccccn3)ccnc21. The number of aromatic nitrogens is 2. The number of hydrogen-bond acceptors (Lipinski definition) is 5. The average Bonchev–Trinajstić information content (AvgIpc) is 2.85. The molecule has 32 heavy (non-hydrogen) atoms. The van der Waals surface area contributed by atoms with Crippen molar-refractivity contribution in [2.75, 3.05) is 11.9 Å². The predicted molar refractivity (Wildman–Crippen MR) is 127 cm³/mol. The first-order valence-electron chi connectivity index (χ1n) is 11.3. The number of carbonyl (C=O) groups excluding carboxylic acids is 1. The number of pyridine rings is 2. The van der Waals surface area contributed by atoms with Crippen molar-refractivity contribution in [1.82, 2.24) is 20.6 Å². The van der Waals surface area contributed by atoms with E-state index in [4.69, 9.17) is 4.98 Å². The van der Waals surface area contributed by atoms with Gasteiger partial charge in [0.25, 0.3) is 0 Å². The third-order valence-corrected chi connectivity index (χ3v) is 6.19. The van der Waals surface area contributed by atoms with E-state index in [1.807, 2.05) is 55.7 Å². The summed E-state index contributed by atoms with van der Waals surface area (Å²) in [7, 11) is 1.69. The third kappa shape index (κ3) is 4.81. The van der Waals surface area contributed by atoms with E-state index >= 15 is 0 Å². The largest absolute Gasteiger partial charge is 0.357 e. The van der Waals surface area contributed by atoms with Gasteiger partial charge in [-0.2, -0.15) is 0 Å². The maximum atomic E-state index is 12.6. The van der Waals surface area contributed by atoms with Crippen LogP contribution in [0.15, 0.2) is 67.0 Å². The van der Waals surface area contributed by atoms with Gasteiger partial charge in [0.05, 0.1) is 17.4 Å². The molecule has 2 atom stereocenters. The first kappa shape index (κ1) is 22.0. The number of rotatable bonds is 8. The van der Waals surface area contributed by atoms with Crippen molar-refractivity contribution in [2.24, 2.45) is 0 Å². The Morgan fingerprint density at radius 3 is 2.62 bits per heavy atom. The van der Waals surface area contributed by atoms with Gasteiger partial charge >= 0.3 is 0 Å². The lowest BCUT2D eigenvalue weighted by molar-refractivity contribution is -0.121. The van der Waals surface area contributed by atoms with Crippen LogP contribution in [0, 0.1) is 0 Å². The minimum Gasteiger partial charge on any atom is -0.357 e. The zero-order chi connectivity index (χ0) is 22.3. The number of benzene rings is 1. The molecule has 2 aromatic heterocycles. The van der Waals surface area contributed by atoms with Crippen molar-refractivity contribution in [2.45, 2.75) is 51.4 Å². The Bertz CT molecular complexity index is 1020. The fourth-order valence-corrected chi connectivity index (χ4v) is 4.61. The van der Waals surface area contributed by atoms with Gasteiger partial charge in [-0.25, -0.2) is 0 Å². The van der Waals surface area contributed by atoms with Crippen molar-refractivity contribution < 1.29 is 4.79 Å². The monoisotopic (exact) mass is 429 g/mol. The summed E-state index contributed by atoms with van der Waals surface area (Å²) >= 11 is 0. The number of hydrogen-bond donors (Lipinski definition) is 2. The van der Waals surface area contributed by atoms with E-state index < -0.39 is 0 Å². The molecule has 6 heteroatoms. The normalized spacial score (nSPS) is 16.1. The first-order chi connectivity index (χ1) is 15.7. The molecule has 0 saturated heterocycles. The molecule has 0 aliphatic heterocycles. The van der Waals surface area contributed by atoms with Crippen molar-refractivity contribution in [3.63, 3.8) is 0 Å². The standard InChI is InChI=1S/C26H31N5O/c1-19(26(32)27-2)31(22-10-4-3-5-11-22)24-13-8-12-23-20(14-16-30-25(23)24)17-28-18-21-9-6-7-15-29-21/h3-7,9-11,14-16,19,24,28H,8,12-13,17-18H2,1-2H3,(H,27,32)/t19-,24?/m0/s1. The number of nitrogens with zero attached hydrogens (tertiary/aromatic N) is 3. The minimum absolute atomic E-state index is 0.00848. The summed E-state index contributed by atoms with van der Waals surface area (Å²) in [5.74, 6) is 0.00848.